The highest BCUT2D eigenvalue weighted by molar-refractivity contribution is 5.93. The first-order valence-corrected chi connectivity index (χ1v) is 5.82. The van der Waals surface area contributed by atoms with Gasteiger partial charge in [-0.15, -0.1) is 0 Å². The van der Waals surface area contributed by atoms with Gasteiger partial charge in [0.2, 0.25) is 5.91 Å². The third-order valence-corrected chi connectivity index (χ3v) is 2.60. The van der Waals surface area contributed by atoms with Crippen molar-refractivity contribution in [2.45, 2.75) is 6.42 Å². The number of para-hydroxylation sites is 1. The van der Waals surface area contributed by atoms with E-state index in [4.69, 9.17) is 5.11 Å². The average Bonchev–Trinajstić information content (AvgIpc) is 2.40. The van der Waals surface area contributed by atoms with Gasteiger partial charge in [-0.3, -0.25) is 4.79 Å². The number of benzene rings is 2. The highest BCUT2D eigenvalue weighted by Crippen LogP contribution is 2.09. The van der Waals surface area contributed by atoms with Gasteiger partial charge >= 0.3 is 5.97 Å². The summed E-state index contributed by atoms with van der Waals surface area (Å²) in [6.07, 6.45) is 0.149. The minimum Gasteiger partial charge on any atom is -0.478 e. The Morgan fingerprint density at radius 3 is 2.42 bits per heavy atom. The first kappa shape index (κ1) is 12.8. The zero-order valence-corrected chi connectivity index (χ0v) is 10.2. The number of carbonyl (C=O) groups excluding carboxylic acids is 1. The molecule has 0 atom stereocenters. The largest absolute Gasteiger partial charge is 0.478 e. The third kappa shape index (κ3) is 3.67. The Balaban J connectivity index is 2.03. The molecule has 0 fully saturated rings. The standard InChI is InChI=1S/C15H13NO3/c17-14(16-13-7-2-1-3-8-13)10-11-5-4-6-12(9-11)15(18)19/h1-9H,10H2,(H,16,17)(H,18,19). The van der Waals surface area contributed by atoms with Gasteiger partial charge in [0.25, 0.3) is 0 Å². The molecule has 0 spiro atoms. The molecule has 0 heterocycles. The molecule has 0 bridgehead atoms. The van der Waals surface area contributed by atoms with E-state index >= 15 is 0 Å². The fourth-order valence-electron chi connectivity index (χ4n) is 1.73. The summed E-state index contributed by atoms with van der Waals surface area (Å²) in [6.45, 7) is 0. The van der Waals surface area contributed by atoms with Gasteiger partial charge in [0, 0.05) is 5.69 Å². The Morgan fingerprint density at radius 2 is 1.74 bits per heavy atom. The predicted molar refractivity (Wildman–Crippen MR) is 72.2 cm³/mol. The Bertz CT molecular complexity index is 593. The lowest BCUT2D eigenvalue weighted by Gasteiger charge is -2.05. The normalized spacial score (nSPS) is 9.89. The van der Waals surface area contributed by atoms with Gasteiger partial charge in [-0.1, -0.05) is 30.3 Å². The average molecular weight is 255 g/mol. The summed E-state index contributed by atoms with van der Waals surface area (Å²) < 4.78 is 0. The minimum absolute atomic E-state index is 0.149. The topological polar surface area (TPSA) is 66.4 Å². The molecule has 0 aliphatic heterocycles. The molecular formula is C15H13NO3. The summed E-state index contributed by atoms with van der Waals surface area (Å²) in [6, 6.07) is 15.5. The fourth-order valence-corrected chi connectivity index (χ4v) is 1.73. The van der Waals surface area contributed by atoms with E-state index in [-0.39, 0.29) is 17.9 Å². The highest BCUT2D eigenvalue weighted by Gasteiger charge is 2.07. The van der Waals surface area contributed by atoms with Crippen LogP contribution in [0.4, 0.5) is 5.69 Å². The van der Waals surface area contributed by atoms with E-state index < -0.39 is 5.97 Å². The van der Waals surface area contributed by atoms with Gasteiger partial charge in [0.05, 0.1) is 12.0 Å². The molecule has 0 aromatic heterocycles. The molecule has 2 aromatic rings. The second kappa shape index (κ2) is 5.82. The smallest absolute Gasteiger partial charge is 0.335 e. The molecule has 2 rings (SSSR count). The first-order chi connectivity index (χ1) is 9.15. The molecule has 2 aromatic carbocycles. The van der Waals surface area contributed by atoms with E-state index in [0.717, 1.165) is 5.69 Å². The van der Waals surface area contributed by atoms with Crippen molar-refractivity contribution in [2.24, 2.45) is 0 Å². The van der Waals surface area contributed by atoms with Crippen molar-refractivity contribution in [3.63, 3.8) is 0 Å². The Labute approximate surface area is 110 Å². The maximum atomic E-state index is 11.8. The van der Waals surface area contributed by atoms with E-state index in [1.165, 1.54) is 12.1 Å². The molecule has 4 heteroatoms. The van der Waals surface area contributed by atoms with Crippen LogP contribution in [0, 0.1) is 0 Å². The van der Waals surface area contributed by atoms with Crippen LogP contribution in [-0.2, 0) is 11.2 Å². The van der Waals surface area contributed by atoms with Crippen LogP contribution in [0.2, 0.25) is 0 Å². The summed E-state index contributed by atoms with van der Waals surface area (Å²) in [5.41, 5.74) is 1.58. The van der Waals surface area contributed by atoms with Crippen molar-refractivity contribution in [3.8, 4) is 0 Å². The van der Waals surface area contributed by atoms with Crippen LogP contribution in [-0.4, -0.2) is 17.0 Å². The number of anilines is 1. The van der Waals surface area contributed by atoms with Crippen molar-refractivity contribution < 1.29 is 14.7 Å². The molecule has 19 heavy (non-hydrogen) atoms. The van der Waals surface area contributed by atoms with Gasteiger partial charge in [0.1, 0.15) is 0 Å². The summed E-state index contributed by atoms with van der Waals surface area (Å²) in [5.74, 6) is -1.17. The van der Waals surface area contributed by atoms with Crippen LogP contribution in [0.1, 0.15) is 15.9 Å². The number of nitrogens with one attached hydrogen (secondary N) is 1. The molecular weight excluding hydrogens is 242 g/mol. The molecule has 0 unspecified atom stereocenters. The van der Waals surface area contributed by atoms with E-state index in [1.807, 2.05) is 18.2 Å². The number of hydrogen-bond donors (Lipinski definition) is 2. The number of rotatable bonds is 4. The lowest BCUT2D eigenvalue weighted by Crippen LogP contribution is -2.14. The second-order valence-electron chi connectivity index (χ2n) is 4.10. The molecule has 0 saturated carbocycles. The first-order valence-electron chi connectivity index (χ1n) is 5.82. The zero-order valence-electron chi connectivity index (χ0n) is 10.2. The van der Waals surface area contributed by atoms with Crippen molar-refractivity contribution in [1.29, 1.82) is 0 Å². The van der Waals surface area contributed by atoms with Gasteiger partial charge < -0.3 is 10.4 Å². The maximum Gasteiger partial charge on any atom is 0.335 e. The Kier molecular flexibility index (Phi) is 3.93. The van der Waals surface area contributed by atoms with Gasteiger partial charge in [-0.25, -0.2) is 4.79 Å². The molecule has 0 radical (unpaired) electrons. The van der Waals surface area contributed by atoms with E-state index in [2.05, 4.69) is 5.32 Å². The van der Waals surface area contributed by atoms with Gasteiger partial charge in [0.15, 0.2) is 0 Å². The van der Waals surface area contributed by atoms with Crippen molar-refractivity contribution in [2.75, 3.05) is 5.32 Å². The Hall–Kier alpha value is -2.62. The molecule has 2 N–H and O–H groups in total. The summed E-state index contributed by atoms with van der Waals surface area (Å²) in [5, 5.41) is 11.6. The van der Waals surface area contributed by atoms with Crippen LogP contribution < -0.4 is 5.32 Å². The zero-order chi connectivity index (χ0) is 13.7. The molecule has 0 aliphatic rings. The lowest BCUT2D eigenvalue weighted by molar-refractivity contribution is -0.115. The molecule has 4 nitrogen and oxygen atoms in total. The van der Waals surface area contributed by atoms with Crippen molar-refractivity contribution in [3.05, 3.63) is 65.7 Å². The Morgan fingerprint density at radius 1 is 1.00 bits per heavy atom. The molecule has 1 amide bonds. The molecule has 96 valence electrons. The van der Waals surface area contributed by atoms with E-state index in [1.54, 1.807) is 24.3 Å². The molecule has 0 saturated heterocycles. The fraction of sp³-hybridized carbons (Fsp3) is 0.0667. The van der Waals surface area contributed by atoms with Crippen LogP contribution in [0.3, 0.4) is 0 Å². The van der Waals surface area contributed by atoms with Crippen LogP contribution in [0.5, 0.6) is 0 Å². The summed E-state index contributed by atoms with van der Waals surface area (Å²) >= 11 is 0. The van der Waals surface area contributed by atoms with E-state index in [0.29, 0.717) is 5.56 Å². The quantitative estimate of drug-likeness (QED) is 0.882. The summed E-state index contributed by atoms with van der Waals surface area (Å²) in [4.78, 5) is 22.6. The number of carboxylic acid groups (broad SMARTS) is 1. The van der Waals surface area contributed by atoms with Crippen molar-refractivity contribution in [1.82, 2.24) is 0 Å². The number of hydrogen-bond acceptors (Lipinski definition) is 2. The number of carbonyl (C=O) groups is 2. The minimum atomic E-state index is -0.995. The summed E-state index contributed by atoms with van der Waals surface area (Å²) in [7, 11) is 0. The van der Waals surface area contributed by atoms with Crippen LogP contribution in [0.25, 0.3) is 0 Å². The van der Waals surface area contributed by atoms with Crippen molar-refractivity contribution >= 4 is 17.6 Å². The maximum absolute atomic E-state index is 11.8. The van der Waals surface area contributed by atoms with Gasteiger partial charge in [-0.05, 0) is 29.8 Å². The number of carboxylic acids is 1. The second-order valence-corrected chi connectivity index (χ2v) is 4.10. The SMILES string of the molecule is O=C(Cc1cccc(C(=O)O)c1)Nc1ccccc1. The lowest BCUT2D eigenvalue weighted by atomic mass is 10.1. The van der Waals surface area contributed by atoms with E-state index in [9.17, 15) is 9.59 Å². The van der Waals surface area contributed by atoms with Gasteiger partial charge in [-0.2, -0.15) is 0 Å². The predicted octanol–water partition coefficient (Wildman–Crippen LogP) is 2.57. The monoisotopic (exact) mass is 255 g/mol. The highest BCUT2D eigenvalue weighted by atomic mass is 16.4. The third-order valence-electron chi connectivity index (χ3n) is 2.60. The number of amides is 1. The number of aromatic carboxylic acids is 1. The van der Waals surface area contributed by atoms with Crippen LogP contribution in [0.15, 0.2) is 54.6 Å². The molecule has 0 aliphatic carbocycles. The van der Waals surface area contributed by atoms with Crippen LogP contribution >= 0.6 is 0 Å².